The van der Waals surface area contributed by atoms with Crippen LogP contribution in [0.25, 0.3) is 0 Å². The molecule has 2 aromatic carbocycles. The largest absolute Gasteiger partial charge is 0.497 e. The van der Waals surface area contributed by atoms with E-state index < -0.39 is 10.0 Å². The Labute approximate surface area is 199 Å². The van der Waals surface area contributed by atoms with Gasteiger partial charge < -0.3 is 9.47 Å². The second kappa shape index (κ2) is 9.46. The first-order valence-corrected chi connectivity index (χ1v) is 12.2. The van der Waals surface area contributed by atoms with E-state index in [0.717, 1.165) is 0 Å². The maximum absolute atomic E-state index is 13.3. The maximum Gasteiger partial charge on any atom is 0.258 e. The van der Waals surface area contributed by atoms with Crippen molar-refractivity contribution >= 4 is 37.8 Å². The Kier molecular flexibility index (Phi) is 6.63. The minimum atomic E-state index is -3.80. The summed E-state index contributed by atoms with van der Waals surface area (Å²) in [5.41, 5.74) is 1.78. The van der Waals surface area contributed by atoms with Crippen LogP contribution >= 0.6 is 15.9 Å². The molecule has 0 aliphatic carbocycles. The van der Waals surface area contributed by atoms with Crippen molar-refractivity contribution in [3.8, 4) is 11.5 Å². The number of sulfonamides is 1. The van der Waals surface area contributed by atoms with Gasteiger partial charge in [0.15, 0.2) is 0 Å². The molecule has 0 saturated heterocycles. The first-order valence-electron chi connectivity index (χ1n) is 9.95. The lowest BCUT2D eigenvalue weighted by Crippen LogP contribution is -2.36. The zero-order valence-electron chi connectivity index (χ0n) is 17.9. The Hall–Kier alpha value is -3.02. The van der Waals surface area contributed by atoms with E-state index in [9.17, 15) is 13.2 Å². The summed E-state index contributed by atoms with van der Waals surface area (Å²) in [7, 11) is -0.840. The molecule has 0 radical (unpaired) electrons. The first kappa shape index (κ1) is 23.1. The van der Waals surface area contributed by atoms with Crippen LogP contribution in [0.2, 0.25) is 0 Å². The van der Waals surface area contributed by atoms with E-state index in [2.05, 4.69) is 31.2 Å². The first-order chi connectivity index (χ1) is 15.8. The average Bonchev–Trinajstić information content (AvgIpc) is 2.83. The van der Waals surface area contributed by atoms with Gasteiger partial charge >= 0.3 is 0 Å². The minimum absolute atomic E-state index is 0.0888. The number of methoxy groups -OCH3 is 2. The number of carbonyl (C=O) groups excluding carboxylic acids is 1. The van der Waals surface area contributed by atoms with Crippen molar-refractivity contribution in [3.05, 3.63) is 70.0 Å². The Morgan fingerprint density at radius 3 is 2.73 bits per heavy atom. The van der Waals surface area contributed by atoms with Gasteiger partial charge in [0.25, 0.3) is 5.91 Å². The Morgan fingerprint density at radius 1 is 1.15 bits per heavy atom. The third-order valence-electron chi connectivity index (χ3n) is 5.20. The van der Waals surface area contributed by atoms with Crippen LogP contribution in [-0.2, 0) is 23.0 Å². The van der Waals surface area contributed by atoms with E-state index in [1.165, 1.54) is 24.6 Å². The second-order valence-corrected chi connectivity index (χ2v) is 10.1. The molecule has 11 heteroatoms. The monoisotopic (exact) mass is 532 g/mol. The molecule has 4 rings (SSSR count). The predicted octanol–water partition coefficient (Wildman–Crippen LogP) is 3.26. The van der Waals surface area contributed by atoms with Gasteiger partial charge in [-0.3, -0.25) is 10.1 Å². The number of amides is 1. The van der Waals surface area contributed by atoms with Crippen molar-refractivity contribution in [3.63, 3.8) is 0 Å². The summed E-state index contributed by atoms with van der Waals surface area (Å²) in [6.07, 6.45) is 1.93. The van der Waals surface area contributed by atoms with Gasteiger partial charge in [-0.15, -0.1) is 0 Å². The number of hydrogen-bond acceptors (Lipinski definition) is 7. The molecule has 0 spiro atoms. The maximum atomic E-state index is 13.3. The molecule has 0 bridgehead atoms. The van der Waals surface area contributed by atoms with Crippen molar-refractivity contribution in [2.45, 2.75) is 17.9 Å². The number of nitrogens with one attached hydrogen (secondary N) is 1. The number of ether oxygens (including phenoxy) is 2. The van der Waals surface area contributed by atoms with Gasteiger partial charge in [0, 0.05) is 41.3 Å². The summed E-state index contributed by atoms with van der Waals surface area (Å²) in [5, 5.41) is 2.68. The number of rotatable bonds is 6. The van der Waals surface area contributed by atoms with Crippen LogP contribution in [0.1, 0.15) is 21.6 Å². The van der Waals surface area contributed by atoms with Gasteiger partial charge in [-0.25, -0.2) is 18.4 Å². The Bertz CT molecular complexity index is 1320. The second-order valence-electron chi connectivity index (χ2n) is 7.24. The zero-order valence-corrected chi connectivity index (χ0v) is 20.3. The number of benzene rings is 2. The fourth-order valence-corrected chi connectivity index (χ4v) is 5.60. The van der Waals surface area contributed by atoms with Gasteiger partial charge in [-0.2, -0.15) is 4.31 Å². The topological polar surface area (TPSA) is 111 Å². The van der Waals surface area contributed by atoms with Gasteiger partial charge in [-0.05, 0) is 36.4 Å². The summed E-state index contributed by atoms with van der Waals surface area (Å²) >= 11 is 3.32. The van der Waals surface area contributed by atoms with Crippen molar-refractivity contribution in [1.82, 2.24) is 14.3 Å². The molecule has 172 valence electrons. The fraction of sp³-hybridized carbons (Fsp3) is 0.227. The molecule has 1 aliphatic heterocycles. The van der Waals surface area contributed by atoms with Crippen molar-refractivity contribution in [2.24, 2.45) is 0 Å². The lowest BCUT2D eigenvalue weighted by Gasteiger charge is -2.28. The zero-order chi connectivity index (χ0) is 23.6. The molecule has 0 saturated carbocycles. The molecule has 1 aromatic heterocycles. The van der Waals surface area contributed by atoms with Crippen molar-refractivity contribution in [1.29, 1.82) is 0 Å². The average molecular weight is 533 g/mol. The van der Waals surface area contributed by atoms with Crippen LogP contribution in [0.15, 0.2) is 58.0 Å². The van der Waals surface area contributed by atoms with Gasteiger partial charge in [0.2, 0.25) is 16.0 Å². The Balaban J connectivity index is 1.53. The molecule has 2 heterocycles. The normalized spacial score (nSPS) is 13.8. The van der Waals surface area contributed by atoms with Gasteiger partial charge in [-0.1, -0.05) is 22.0 Å². The standard InChI is InChI=1S/C22H21BrN4O5S/c1-31-17-5-3-4-14(10-17)21(28)26-22-24-12-15-13-27(9-8-18(15)25-22)33(29,30)20-11-16(23)6-7-19(20)32-2/h3-7,10-12H,8-9,13H2,1-2H3,(H,24,25,26,28). The highest BCUT2D eigenvalue weighted by Crippen LogP contribution is 2.32. The molecule has 1 aliphatic rings. The number of hydrogen-bond donors (Lipinski definition) is 1. The summed E-state index contributed by atoms with van der Waals surface area (Å²) in [6.45, 7) is 0.364. The van der Waals surface area contributed by atoms with E-state index >= 15 is 0 Å². The van der Waals surface area contributed by atoms with Gasteiger partial charge in [0.1, 0.15) is 16.4 Å². The van der Waals surface area contributed by atoms with Crippen LogP contribution in [0, 0.1) is 0 Å². The van der Waals surface area contributed by atoms with Crippen LogP contribution in [-0.4, -0.2) is 49.4 Å². The number of aromatic nitrogens is 2. The highest BCUT2D eigenvalue weighted by Gasteiger charge is 2.32. The molecular weight excluding hydrogens is 512 g/mol. The quantitative estimate of drug-likeness (QED) is 0.518. The number of fused-ring (bicyclic) bond motifs is 1. The Morgan fingerprint density at radius 2 is 1.97 bits per heavy atom. The van der Waals surface area contributed by atoms with Crippen LogP contribution in [0.4, 0.5) is 5.95 Å². The number of halogens is 1. The number of carbonyl (C=O) groups is 1. The molecular formula is C22H21BrN4O5S. The lowest BCUT2D eigenvalue weighted by atomic mass is 10.1. The molecule has 1 amide bonds. The van der Waals surface area contributed by atoms with Crippen LogP contribution in [0.5, 0.6) is 11.5 Å². The van der Waals surface area contributed by atoms with Crippen LogP contribution in [0.3, 0.4) is 0 Å². The molecule has 0 atom stereocenters. The number of nitrogens with zero attached hydrogens (tertiary/aromatic N) is 3. The molecule has 9 nitrogen and oxygen atoms in total. The summed E-state index contributed by atoms with van der Waals surface area (Å²) in [6, 6.07) is 11.6. The SMILES string of the molecule is COc1cccc(C(=O)Nc2ncc3c(n2)CCN(S(=O)(=O)c2cc(Br)ccc2OC)C3)c1. The summed E-state index contributed by atoms with van der Waals surface area (Å²) < 4.78 is 38.9. The van der Waals surface area contributed by atoms with E-state index in [1.54, 1.807) is 42.6 Å². The van der Waals surface area contributed by atoms with E-state index in [-0.39, 0.29) is 35.6 Å². The molecule has 0 fully saturated rings. The summed E-state index contributed by atoms with van der Waals surface area (Å²) in [4.78, 5) is 21.3. The highest BCUT2D eigenvalue weighted by atomic mass is 79.9. The predicted molar refractivity (Wildman–Crippen MR) is 125 cm³/mol. The molecule has 33 heavy (non-hydrogen) atoms. The van der Waals surface area contributed by atoms with Crippen LogP contribution < -0.4 is 14.8 Å². The van der Waals surface area contributed by atoms with Crippen molar-refractivity contribution in [2.75, 3.05) is 26.1 Å². The van der Waals surface area contributed by atoms with E-state index in [1.807, 2.05) is 0 Å². The smallest absolute Gasteiger partial charge is 0.258 e. The molecule has 1 N–H and O–H groups in total. The van der Waals surface area contributed by atoms with E-state index in [4.69, 9.17) is 9.47 Å². The van der Waals surface area contributed by atoms with E-state index in [0.29, 0.717) is 33.5 Å². The molecule has 0 unspecified atom stereocenters. The number of anilines is 1. The fourth-order valence-electron chi connectivity index (χ4n) is 3.48. The third-order valence-corrected chi connectivity index (χ3v) is 7.56. The third kappa shape index (κ3) is 4.85. The van der Waals surface area contributed by atoms with Gasteiger partial charge in [0.05, 0.1) is 19.9 Å². The lowest BCUT2D eigenvalue weighted by molar-refractivity contribution is 0.102. The highest BCUT2D eigenvalue weighted by molar-refractivity contribution is 9.10. The van der Waals surface area contributed by atoms with Crippen molar-refractivity contribution < 1.29 is 22.7 Å². The minimum Gasteiger partial charge on any atom is -0.497 e. The summed E-state index contributed by atoms with van der Waals surface area (Å²) in [5.74, 6) is 0.635. The molecule has 3 aromatic rings.